The highest BCUT2D eigenvalue weighted by Gasteiger charge is 2.24. The van der Waals surface area contributed by atoms with Gasteiger partial charge in [-0.15, -0.1) is 0 Å². The van der Waals surface area contributed by atoms with Gasteiger partial charge in [0, 0.05) is 23.5 Å². The number of amides is 1. The number of methoxy groups -OCH3 is 1. The zero-order chi connectivity index (χ0) is 21.1. The first kappa shape index (κ1) is 22.2. The van der Waals surface area contributed by atoms with Crippen LogP contribution in [-0.2, 0) is 9.84 Å². The third-order valence-corrected chi connectivity index (χ3v) is 5.76. The summed E-state index contributed by atoms with van der Waals surface area (Å²) in [5.74, 6) is 0.759. The topological polar surface area (TPSA) is 72.9 Å². The van der Waals surface area contributed by atoms with Gasteiger partial charge >= 0.3 is 0 Å². The van der Waals surface area contributed by atoms with Crippen molar-refractivity contribution in [3.05, 3.63) is 46.4 Å². The lowest BCUT2D eigenvalue weighted by Crippen LogP contribution is -2.37. The summed E-state index contributed by atoms with van der Waals surface area (Å²) < 4.78 is 34.9. The Balaban J connectivity index is 2.47. The molecule has 6 nitrogen and oxygen atoms in total. The number of anilines is 1. The summed E-state index contributed by atoms with van der Waals surface area (Å²) >= 11 is 3.44. The second kappa shape index (κ2) is 8.96. The number of carbonyl (C=O) groups excluding carboxylic acids is 1. The van der Waals surface area contributed by atoms with Gasteiger partial charge in [0.25, 0.3) is 5.91 Å². The van der Waals surface area contributed by atoms with Crippen LogP contribution in [0.3, 0.4) is 0 Å². The van der Waals surface area contributed by atoms with Crippen LogP contribution in [0, 0.1) is 0 Å². The van der Waals surface area contributed by atoms with Crippen LogP contribution in [0.15, 0.2) is 45.8 Å². The Bertz CT molecular complexity index is 955. The van der Waals surface area contributed by atoms with E-state index in [1.54, 1.807) is 29.2 Å². The van der Waals surface area contributed by atoms with Crippen molar-refractivity contribution in [3.63, 3.8) is 0 Å². The minimum absolute atomic E-state index is 0.145. The van der Waals surface area contributed by atoms with Crippen LogP contribution in [0.4, 0.5) is 5.69 Å². The highest BCUT2D eigenvalue weighted by atomic mass is 79.9. The Hall–Kier alpha value is -2.06. The summed E-state index contributed by atoms with van der Waals surface area (Å²) in [6.07, 6.45) is 1.15. The van der Waals surface area contributed by atoms with Crippen molar-refractivity contribution < 1.29 is 22.7 Å². The highest BCUT2D eigenvalue weighted by molar-refractivity contribution is 9.10. The molecule has 0 radical (unpaired) electrons. The molecule has 0 fully saturated rings. The standard InChI is InChI=1S/C20H24BrNO5S/c1-6-27-19-17(21)11-14(12-18(19)26-4)20(23)22(13(2)3)15-7-9-16(10-8-15)28(5,24)25/h7-13H,6H2,1-5H3. The smallest absolute Gasteiger partial charge is 0.258 e. The van der Waals surface area contributed by atoms with Crippen molar-refractivity contribution >= 4 is 37.4 Å². The number of carbonyl (C=O) groups is 1. The molecule has 0 aliphatic rings. The Morgan fingerprint density at radius 1 is 1.18 bits per heavy atom. The summed E-state index contributed by atoms with van der Waals surface area (Å²) in [6.45, 7) is 6.12. The molecule has 0 saturated heterocycles. The quantitative estimate of drug-likeness (QED) is 0.603. The van der Waals surface area contributed by atoms with Crippen LogP contribution in [0.5, 0.6) is 11.5 Å². The van der Waals surface area contributed by atoms with Gasteiger partial charge < -0.3 is 14.4 Å². The summed E-state index contributed by atoms with van der Waals surface area (Å²) in [5, 5.41) is 0. The Labute approximate surface area is 174 Å². The normalized spacial score (nSPS) is 11.4. The van der Waals surface area contributed by atoms with E-state index in [1.807, 2.05) is 20.8 Å². The third kappa shape index (κ3) is 4.86. The van der Waals surface area contributed by atoms with Crippen molar-refractivity contribution in [1.29, 1.82) is 0 Å². The molecule has 0 unspecified atom stereocenters. The molecule has 0 aliphatic carbocycles. The zero-order valence-corrected chi connectivity index (χ0v) is 18.9. The van der Waals surface area contributed by atoms with E-state index in [2.05, 4.69) is 15.9 Å². The summed E-state index contributed by atoms with van der Waals surface area (Å²) in [6, 6.07) is 9.45. The van der Waals surface area contributed by atoms with Gasteiger partial charge in [0.2, 0.25) is 0 Å². The van der Waals surface area contributed by atoms with Gasteiger partial charge in [0.05, 0.1) is 23.1 Å². The molecular formula is C20H24BrNO5S. The monoisotopic (exact) mass is 469 g/mol. The molecule has 8 heteroatoms. The second-order valence-electron chi connectivity index (χ2n) is 6.46. The first-order valence-electron chi connectivity index (χ1n) is 8.74. The molecule has 2 rings (SSSR count). The average molecular weight is 470 g/mol. The SMILES string of the molecule is CCOc1c(Br)cc(C(=O)N(c2ccc(S(C)(=O)=O)cc2)C(C)C)cc1OC. The minimum atomic E-state index is -3.30. The van der Waals surface area contributed by atoms with Crippen LogP contribution < -0.4 is 14.4 Å². The van der Waals surface area contributed by atoms with Crippen molar-refractivity contribution in [2.75, 3.05) is 24.9 Å². The van der Waals surface area contributed by atoms with E-state index in [1.165, 1.54) is 19.2 Å². The van der Waals surface area contributed by atoms with Gasteiger partial charge in [-0.1, -0.05) is 0 Å². The lowest BCUT2D eigenvalue weighted by Gasteiger charge is -2.27. The van der Waals surface area contributed by atoms with E-state index >= 15 is 0 Å². The van der Waals surface area contributed by atoms with E-state index in [0.717, 1.165) is 6.26 Å². The molecule has 0 heterocycles. The van der Waals surface area contributed by atoms with Crippen LogP contribution in [0.25, 0.3) is 0 Å². The van der Waals surface area contributed by atoms with Gasteiger partial charge in [0.1, 0.15) is 0 Å². The summed E-state index contributed by atoms with van der Waals surface area (Å²) in [4.78, 5) is 15.1. The van der Waals surface area contributed by atoms with Crippen molar-refractivity contribution in [2.45, 2.75) is 31.7 Å². The molecule has 0 N–H and O–H groups in total. The highest BCUT2D eigenvalue weighted by Crippen LogP contribution is 2.37. The average Bonchev–Trinajstić information content (AvgIpc) is 2.62. The maximum absolute atomic E-state index is 13.2. The fourth-order valence-electron chi connectivity index (χ4n) is 2.77. The Morgan fingerprint density at radius 3 is 2.25 bits per heavy atom. The van der Waals surface area contributed by atoms with E-state index in [-0.39, 0.29) is 16.8 Å². The molecule has 0 aromatic heterocycles. The first-order chi connectivity index (χ1) is 13.1. The van der Waals surface area contributed by atoms with Gasteiger partial charge in [0.15, 0.2) is 21.3 Å². The molecule has 0 spiro atoms. The first-order valence-corrected chi connectivity index (χ1v) is 11.4. The number of halogens is 1. The van der Waals surface area contributed by atoms with Gasteiger partial charge in [-0.05, 0) is 73.1 Å². The number of ether oxygens (including phenoxy) is 2. The number of rotatable bonds is 7. The second-order valence-corrected chi connectivity index (χ2v) is 9.33. The third-order valence-electron chi connectivity index (χ3n) is 4.04. The Kier molecular flexibility index (Phi) is 7.11. The number of hydrogen-bond donors (Lipinski definition) is 0. The maximum atomic E-state index is 13.2. The van der Waals surface area contributed by atoms with E-state index in [9.17, 15) is 13.2 Å². The molecule has 2 aromatic rings. The lowest BCUT2D eigenvalue weighted by molar-refractivity contribution is 0.0979. The van der Waals surface area contributed by atoms with Crippen LogP contribution >= 0.6 is 15.9 Å². The molecule has 0 saturated carbocycles. The molecule has 0 atom stereocenters. The van der Waals surface area contributed by atoms with E-state index < -0.39 is 9.84 Å². The van der Waals surface area contributed by atoms with Crippen molar-refractivity contribution in [3.8, 4) is 11.5 Å². The lowest BCUT2D eigenvalue weighted by atomic mass is 10.1. The zero-order valence-electron chi connectivity index (χ0n) is 16.5. The molecule has 28 heavy (non-hydrogen) atoms. The molecule has 152 valence electrons. The van der Waals surface area contributed by atoms with Crippen LogP contribution in [0.1, 0.15) is 31.1 Å². The van der Waals surface area contributed by atoms with Gasteiger partial charge in [-0.3, -0.25) is 4.79 Å². The fraction of sp³-hybridized carbons (Fsp3) is 0.350. The van der Waals surface area contributed by atoms with Crippen LogP contribution in [-0.4, -0.2) is 40.3 Å². The summed E-state index contributed by atoms with van der Waals surface area (Å²) in [5.41, 5.74) is 1.03. The largest absolute Gasteiger partial charge is 0.493 e. The molecule has 1 amide bonds. The number of hydrogen-bond acceptors (Lipinski definition) is 5. The summed E-state index contributed by atoms with van der Waals surface area (Å²) in [7, 11) is -1.79. The fourth-order valence-corrected chi connectivity index (χ4v) is 3.96. The van der Waals surface area contributed by atoms with Crippen molar-refractivity contribution in [2.24, 2.45) is 0 Å². The minimum Gasteiger partial charge on any atom is -0.493 e. The number of nitrogens with zero attached hydrogens (tertiary/aromatic N) is 1. The maximum Gasteiger partial charge on any atom is 0.258 e. The number of sulfone groups is 1. The molecule has 0 aliphatic heterocycles. The van der Waals surface area contributed by atoms with Crippen molar-refractivity contribution in [1.82, 2.24) is 0 Å². The Morgan fingerprint density at radius 2 is 1.79 bits per heavy atom. The molecule has 2 aromatic carbocycles. The van der Waals surface area contributed by atoms with E-state index in [4.69, 9.17) is 9.47 Å². The van der Waals surface area contributed by atoms with Crippen LogP contribution in [0.2, 0.25) is 0 Å². The predicted octanol–water partition coefficient (Wildman–Crippen LogP) is 4.32. The molecule has 0 bridgehead atoms. The van der Waals surface area contributed by atoms with Gasteiger partial charge in [-0.25, -0.2) is 8.42 Å². The van der Waals surface area contributed by atoms with Gasteiger partial charge in [-0.2, -0.15) is 0 Å². The predicted molar refractivity (Wildman–Crippen MR) is 113 cm³/mol. The molecular weight excluding hydrogens is 446 g/mol. The van der Waals surface area contributed by atoms with E-state index in [0.29, 0.717) is 33.8 Å². The number of benzene rings is 2.